The minimum atomic E-state index is -2.75. The molecule has 3 N–H and O–H groups in total. The standard InChI is InChI=1S/C12H25N3O2S/c13-9-12(10-15-5-3-14-4-6-15)11-1-7-18(16,17)8-2-11/h11-12,14H,1-10,13H2. The van der Waals surface area contributed by atoms with Crippen LogP contribution in [0.15, 0.2) is 0 Å². The topological polar surface area (TPSA) is 75.4 Å². The van der Waals surface area contributed by atoms with Crippen molar-refractivity contribution in [1.29, 1.82) is 0 Å². The summed E-state index contributed by atoms with van der Waals surface area (Å²) >= 11 is 0. The number of nitrogens with two attached hydrogens (primary N) is 1. The number of rotatable bonds is 4. The molecule has 0 aromatic heterocycles. The minimum absolute atomic E-state index is 0.357. The van der Waals surface area contributed by atoms with E-state index >= 15 is 0 Å². The summed E-state index contributed by atoms with van der Waals surface area (Å²) in [5.41, 5.74) is 5.90. The lowest BCUT2D eigenvalue weighted by atomic mass is 9.87. The first kappa shape index (κ1) is 14.2. The van der Waals surface area contributed by atoms with Gasteiger partial charge in [-0.1, -0.05) is 0 Å². The molecule has 0 bridgehead atoms. The Morgan fingerprint density at radius 1 is 1.22 bits per heavy atom. The third-order valence-electron chi connectivity index (χ3n) is 4.27. The normalized spacial score (nSPS) is 28.1. The molecule has 0 amide bonds. The molecule has 5 nitrogen and oxygen atoms in total. The van der Waals surface area contributed by atoms with E-state index in [1.807, 2.05) is 0 Å². The molecule has 18 heavy (non-hydrogen) atoms. The van der Waals surface area contributed by atoms with E-state index in [1.165, 1.54) is 0 Å². The summed E-state index contributed by atoms with van der Waals surface area (Å²) in [5, 5.41) is 3.34. The number of nitrogens with zero attached hydrogens (tertiary/aromatic N) is 1. The van der Waals surface area contributed by atoms with Crippen LogP contribution in [0.1, 0.15) is 12.8 Å². The van der Waals surface area contributed by atoms with Gasteiger partial charge in [0.25, 0.3) is 0 Å². The molecule has 2 fully saturated rings. The van der Waals surface area contributed by atoms with Crippen LogP contribution in [0.3, 0.4) is 0 Å². The number of sulfone groups is 1. The Bertz CT molecular complexity index is 338. The molecule has 0 aromatic carbocycles. The Morgan fingerprint density at radius 2 is 1.83 bits per heavy atom. The minimum Gasteiger partial charge on any atom is -0.330 e. The maximum Gasteiger partial charge on any atom is 0.150 e. The van der Waals surface area contributed by atoms with Crippen LogP contribution in [0.2, 0.25) is 0 Å². The summed E-state index contributed by atoms with van der Waals surface area (Å²) in [7, 11) is -2.75. The van der Waals surface area contributed by atoms with Crippen LogP contribution in [0.4, 0.5) is 0 Å². The lowest BCUT2D eigenvalue weighted by Crippen LogP contribution is -2.47. The molecule has 1 atom stereocenters. The predicted octanol–water partition coefficient (Wildman–Crippen LogP) is -0.709. The van der Waals surface area contributed by atoms with Crippen LogP contribution in [-0.4, -0.2) is 64.1 Å². The first-order valence-electron chi connectivity index (χ1n) is 6.94. The SMILES string of the molecule is NCC(CN1CCNCC1)C1CCS(=O)(=O)CC1. The van der Waals surface area contributed by atoms with E-state index < -0.39 is 9.84 Å². The van der Waals surface area contributed by atoms with Gasteiger partial charge in [0.1, 0.15) is 9.84 Å². The second-order valence-corrected chi connectivity index (χ2v) is 7.84. The predicted molar refractivity (Wildman–Crippen MR) is 73.2 cm³/mol. The highest BCUT2D eigenvalue weighted by Crippen LogP contribution is 2.26. The fraction of sp³-hybridized carbons (Fsp3) is 1.00. The Kier molecular flexibility index (Phi) is 5.00. The maximum atomic E-state index is 11.4. The van der Waals surface area contributed by atoms with Crippen LogP contribution in [-0.2, 0) is 9.84 Å². The van der Waals surface area contributed by atoms with Crippen LogP contribution in [0.25, 0.3) is 0 Å². The van der Waals surface area contributed by atoms with E-state index in [-0.39, 0.29) is 0 Å². The Hall–Kier alpha value is -0.170. The second kappa shape index (κ2) is 6.32. The molecule has 2 aliphatic rings. The molecule has 2 saturated heterocycles. The summed E-state index contributed by atoms with van der Waals surface area (Å²) < 4.78 is 22.9. The third kappa shape index (κ3) is 3.91. The first-order valence-corrected chi connectivity index (χ1v) is 8.76. The van der Waals surface area contributed by atoms with Gasteiger partial charge in [0, 0.05) is 32.7 Å². The summed E-state index contributed by atoms with van der Waals surface area (Å²) in [6, 6.07) is 0. The van der Waals surface area contributed by atoms with Gasteiger partial charge in [-0.15, -0.1) is 0 Å². The van der Waals surface area contributed by atoms with Crippen molar-refractivity contribution >= 4 is 9.84 Å². The van der Waals surface area contributed by atoms with Gasteiger partial charge >= 0.3 is 0 Å². The Morgan fingerprint density at radius 3 is 2.39 bits per heavy atom. The highest BCUT2D eigenvalue weighted by Gasteiger charge is 2.30. The van der Waals surface area contributed by atoms with E-state index in [4.69, 9.17) is 5.73 Å². The van der Waals surface area contributed by atoms with Gasteiger partial charge < -0.3 is 16.0 Å². The van der Waals surface area contributed by atoms with Crippen molar-refractivity contribution in [2.24, 2.45) is 17.6 Å². The average Bonchev–Trinajstić information content (AvgIpc) is 2.38. The molecule has 2 aliphatic heterocycles. The van der Waals surface area contributed by atoms with Crippen molar-refractivity contribution in [1.82, 2.24) is 10.2 Å². The summed E-state index contributed by atoms with van der Waals surface area (Å²) in [5.74, 6) is 1.66. The molecule has 0 radical (unpaired) electrons. The fourth-order valence-electron chi connectivity index (χ4n) is 3.02. The van der Waals surface area contributed by atoms with Gasteiger partial charge in [0.05, 0.1) is 11.5 Å². The van der Waals surface area contributed by atoms with Crippen LogP contribution >= 0.6 is 0 Å². The largest absolute Gasteiger partial charge is 0.330 e. The number of nitrogens with one attached hydrogen (secondary N) is 1. The molecule has 2 heterocycles. The fourth-order valence-corrected chi connectivity index (χ4v) is 4.55. The third-order valence-corrected chi connectivity index (χ3v) is 5.99. The van der Waals surface area contributed by atoms with E-state index in [2.05, 4.69) is 10.2 Å². The zero-order valence-corrected chi connectivity index (χ0v) is 11.8. The first-order chi connectivity index (χ1) is 8.61. The van der Waals surface area contributed by atoms with Crippen molar-refractivity contribution in [2.45, 2.75) is 12.8 Å². The number of hydrogen-bond donors (Lipinski definition) is 2. The number of hydrogen-bond acceptors (Lipinski definition) is 5. The second-order valence-electron chi connectivity index (χ2n) is 5.54. The van der Waals surface area contributed by atoms with Gasteiger partial charge in [-0.3, -0.25) is 0 Å². The number of piperazine rings is 1. The van der Waals surface area contributed by atoms with Crippen LogP contribution in [0.5, 0.6) is 0 Å². The average molecular weight is 275 g/mol. The molecule has 2 rings (SSSR count). The van der Waals surface area contributed by atoms with E-state index in [1.54, 1.807) is 0 Å². The van der Waals surface area contributed by atoms with Gasteiger partial charge in [-0.2, -0.15) is 0 Å². The molecule has 0 spiro atoms. The van der Waals surface area contributed by atoms with Crippen molar-refractivity contribution in [2.75, 3.05) is 50.8 Å². The highest BCUT2D eigenvalue weighted by molar-refractivity contribution is 7.91. The molecular weight excluding hydrogens is 250 g/mol. The Labute approximate surface area is 110 Å². The van der Waals surface area contributed by atoms with Gasteiger partial charge in [0.2, 0.25) is 0 Å². The quantitative estimate of drug-likeness (QED) is 0.709. The van der Waals surface area contributed by atoms with Gasteiger partial charge in [0.15, 0.2) is 0 Å². The van der Waals surface area contributed by atoms with Crippen LogP contribution in [0, 0.1) is 11.8 Å². The molecule has 0 aliphatic carbocycles. The maximum absolute atomic E-state index is 11.4. The van der Waals surface area contributed by atoms with Crippen molar-refractivity contribution in [3.63, 3.8) is 0 Å². The summed E-state index contributed by atoms with van der Waals surface area (Å²) in [6.45, 7) is 5.98. The van der Waals surface area contributed by atoms with Crippen molar-refractivity contribution < 1.29 is 8.42 Å². The van der Waals surface area contributed by atoms with Crippen LogP contribution < -0.4 is 11.1 Å². The van der Waals surface area contributed by atoms with Gasteiger partial charge in [-0.05, 0) is 31.2 Å². The summed E-state index contributed by atoms with van der Waals surface area (Å²) in [4.78, 5) is 2.46. The van der Waals surface area contributed by atoms with Crippen molar-refractivity contribution in [3.05, 3.63) is 0 Å². The molecule has 6 heteroatoms. The zero-order valence-electron chi connectivity index (χ0n) is 11.0. The van der Waals surface area contributed by atoms with Crippen molar-refractivity contribution in [3.8, 4) is 0 Å². The molecule has 0 aromatic rings. The molecular formula is C12H25N3O2S. The van der Waals surface area contributed by atoms with E-state index in [0.717, 1.165) is 45.6 Å². The Balaban J connectivity index is 1.84. The molecule has 106 valence electrons. The zero-order chi connectivity index (χ0) is 13.0. The van der Waals surface area contributed by atoms with E-state index in [9.17, 15) is 8.42 Å². The smallest absolute Gasteiger partial charge is 0.150 e. The summed E-state index contributed by atoms with van der Waals surface area (Å²) in [6.07, 6.45) is 1.60. The lowest BCUT2D eigenvalue weighted by Gasteiger charge is -2.35. The molecule has 1 unspecified atom stereocenters. The van der Waals surface area contributed by atoms with Gasteiger partial charge in [-0.25, -0.2) is 8.42 Å². The van der Waals surface area contributed by atoms with E-state index in [0.29, 0.717) is 29.9 Å². The highest BCUT2D eigenvalue weighted by atomic mass is 32.2. The monoisotopic (exact) mass is 275 g/mol. The molecule has 0 saturated carbocycles. The lowest BCUT2D eigenvalue weighted by molar-refractivity contribution is 0.169.